The van der Waals surface area contributed by atoms with Gasteiger partial charge in [0.05, 0.1) is 13.5 Å². The Labute approximate surface area is 123 Å². The summed E-state index contributed by atoms with van der Waals surface area (Å²) in [4.78, 5) is 23.0. The van der Waals surface area contributed by atoms with Crippen LogP contribution in [0.3, 0.4) is 0 Å². The highest BCUT2D eigenvalue weighted by Crippen LogP contribution is 2.21. The van der Waals surface area contributed by atoms with E-state index in [1.807, 2.05) is 6.92 Å². The van der Waals surface area contributed by atoms with Gasteiger partial charge in [-0.05, 0) is 18.6 Å². The summed E-state index contributed by atoms with van der Waals surface area (Å²) in [5.41, 5.74) is -0.202. The molecular formula is C15H20FNO4. The number of benzene rings is 1. The van der Waals surface area contributed by atoms with Gasteiger partial charge < -0.3 is 15.2 Å². The number of nitrogens with one attached hydrogen (secondary N) is 1. The number of unbranched alkanes of at least 4 members (excludes halogenated alkanes) is 1. The van der Waals surface area contributed by atoms with Crippen LogP contribution in [0.5, 0.6) is 5.75 Å². The summed E-state index contributed by atoms with van der Waals surface area (Å²) in [6.07, 6.45) is 2.01. The van der Waals surface area contributed by atoms with Crippen molar-refractivity contribution in [3.05, 3.63) is 29.6 Å². The number of carboxylic acids is 1. The smallest absolute Gasteiger partial charge is 0.305 e. The van der Waals surface area contributed by atoms with E-state index in [1.165, 1.54) is 19.2 Å². The summed E-state index contributed by atoms with van der Waals surface area (Å²) < 4.78 is 18.8. The van der Waals surface area contributed by atoms with Gasteiger partial charge in [0.15, 0.2) is 0 Å². The molecule has 0 aromatic heterocycles. The van der Waals surface area contributed by atoms with Gasteiger partial charge in [-0.2, -0.15) is 0 Å². The Morgan fingerprint density at radius 3 is 2.71 bits per heavy atom. The van der Waals surface area contributed by atoms with E-state index in [4.69, 9.17) is 9.84 Å². The number of rotatable bonds is 8. The van der Waals surface area contributed by atoms with Crippen LogP contribution in [-0.2, 0) is 4.79 Å². The Morgan fingerprint density at radius 1 is 1.43 bits per heavy atom. The van der Waals surface area contributed by atoms with Crippen molar-refractivity contribution in [2.75, 3.05) is 7.11 Å². The molecule has 0 radical (unpaired) electrons. The molecule has 6 heteroatoms. The van der Waals surface area contributed by atoms with Crippen LogP contribution in [0.2, 0.25) is 0 Å². The standard InChI is InChI=1S/C15H20FNO4/c1-3-4-6-10(9-13(18)19)17-15(20)14-11(16)7-5-8-12(14)21-2/h5,7-8,10H,3-4,6,9H2,1-2H3,(H,17,20)(H,18,19)/t10-/m1/s1. The van der Waals surface area contributed by atoms with E-state index in [0.717, 1.165) is 18.9 Å². The first kappa shape index (κ1) is 16.9. The van der Waals surface area contributed by atoms with Gasteiger partial charge in [0.2, 0.25) is 0 Å². The number of hydrogen-bond donors (Lipinski definition) is 2. The number of carbonyl (C=O) groups excluding carboxylic acids is 1. The molecule has 0 aliphatic heterocycles. The van der Waals surface area contributed by atoms with Crippen molar-refractivity contribution in [1.29, 1.82) is 0 Å². The first-order chi connectivity index (χ1) is 9.99. The first-order valence-corrected chi connectivity index (χ1v) is 6.84. The van der Waals surface area contributed by atoms with E-state index in [9.17, 15) is 14.0 Å². The molecule has 1 amide bonds. The van der Waals surface area contributed by atoms with Gasteiger partial charge >= 0.3 is 5.97 Å². The molecule has 0 unspecified atom stereocenters. The number of halogens is 1. The predicted molar refractivity (Wildman–Crippen MR) is 76.0 cm³/mol. The van der Waals surface area contributed by atoms with E-state index >= 15 is 0 Å². The lowest BCUT2D eigenvalue weighted by molar-refractivity contribution is -0.137. The zero-order chi connectivity index (χ0) is 15.8. The second-order valence-corrected chi connectivity index (χ2v) is 4.73. The van der Waals surface area contributed by atoms with Crippen LogP contribution < -0.4 is 10.1 Å². The number of methoxy groups -OCH3 is 1. The van der Waals surface area contributed by atoms with Crippen LogP contribution in [0.25, 0.3) is 0 Å². The number of carbonyl (C=O) groups is 2. The highest BCUT2D eigenvalue weighted by Gasteiger charge is 2.21. The van der Waals surface area contributed by atoms with E-state index < -0.39 is 23.7 Å². The largest absolute Gasteiger partial charge is 0.496 e. The third kappa shape index (κ3) is 5.06. The van der Waals surface area contributed by atoms with E-state index in [0.29, 0.717) is 6.42 Å². The summed E-state index contributed by atoms with van der Waals surface area (Å²) in [7, 11) is 1.34. The fourth-order valence-electron chi connectivity index (χ4n) is 2.04. The number of aliphatic carboxylic acids is 1. The monoisotopic (exact) mass is 297 g/mol. The van der Waals surface area contributed by atoms with Crippen molar-refractivity contribution in [2.24, 2.45) is 0 Å². The summed E-state index contributed by atoms with van der Waals surface area (Å²) in [5, 5.41) is 11.4. The molecule has 1 aromatic carbocycles. The van der Waals surface area contributed by atoms with Crippen molar-refractivity contribution in [1.82, 2.24) is 5.32 Å². The van der Waals surface area contributed by atoms with Gasteiger partial charge in [0, 0.05) is 6.04 Å². The van der Waals surface area contributed by atoms with E-state index in [2.05, 4.69) is 5.32 Å². The van der Waals surface area contributed by atoms with E-state index in [-0.39, 0.29) is 17.7 Å². The normalized spacial score (nSPS) is 11.8. The van der Waals surface area contributed by atoms with Gasteiger partial charge in [0.25, 0.3) is 5.91 Å². The van der Waals surface area contributed by atoms with E-state index in [1.54, 1.807) is 0 Å². The zero-order valence-electron chi connectivity index (χ0n) is 12.2. The lowest BCUT2D eigenvalue weighted by atomic mass is 10.1. The molecule has 0 spiro atoms. The van der Waals surface area contributed by atoms with Gasteiger partial charge in [0.1, 0.15) is 17.1 Å². The van der Waals surface area contributed by atoms with Gasteiger partial charge in [-0.15, -0.1) is 0 Å². The van der Waals surface area contributed by atoms with Crippen LogP contribution in [0.4, 0.5) is 4.39 Å². The zero-order valence-corrected chi connectivity index (χ0v) is 12.2. The fourth-order valence-corrected chi connectivity index (χ4v) is 2.04. The Morgan fingerprint density at radius 2 is 2.14 bits per heavy atom. The van der Waals surface area contributed by atoms with Crippen LogP contribution >= 0.6 is 0 Å². The van der Waals surface area contributed by atoms with Gasteiger partial charge in [-0.3, -0.25) is 9.59 Å². The predicted octanol–water partition coefficient (Wildman–Crippen LogP) is 2.60. The maximum atomic E-state index is 13.8. The average Bonchev–Trinajstić information content (AvgIpc) is 2.43. The molecule has 0 heterocycles. The molecule has 0 saturated heterocycles. The van der Waals surface area contributed by atoms with Crippen molar-refractivity contribution in [3.63, 3.8) is 0 Å². The van der Waals surface area contributed by atoms with Crippen LogP contribution in [0, 0.1) is 5.82 Å². The molecule has 116 valence electrons. The summed E-state index contributed by atoms with van der Waals surface area (Å²) in [6, 6.07) is 3.56. The molecule has 2 N–H and O–H groups in total. The number of amides is 1. The highest BCUT2D eigenvalue weighted by atomic mass is 19.1. The maximum absolute atomic E-state index is 13.8. The minimum Gasteiger partial charge on any atom is -0.496 e. The Kier molecular flexibility index (Phi) is 6.65. The molecule has 1 atom stereocenters. The van der Waals surface area contributed by atoms with Crippen molar-refractivity contribution in [2.45, 2.75) is 38.6 Å². The highest BCUT2D eigenvalue weighted by molar-refractivity contribution is 5.97. The number of ether oxygens (including phenoxy) is 1. The number of carboxylic acid groups (broad SMARTS) is 1. The summed E-state index contributed by atoms with van der Waals surface area (Å²) >= 11 is 0. The molecule has 0 saturated carbocycles. The van der Waals surface area contributed by atoms with Crippen molar-refractivity contribution >= 4 is 11.9 Å². The molecule has 1 aromatic rings. The minimum absolute atomic E-state index is 0.122. The molecule has 0 fully saturated rings. The first-order valence-electron chi connectivity index (χ1n) is 6.84. The Balaban J connectivity index is 2.88. The quantitative estimate of drug-likeness (QED) is 0.773. The summed E-state index contributed by atoms with van der Waals surface area (Å²) in [6.45, 7) is 1.97. The second-order valence-electron chi connectivity index (χ2n) is 4.73. The van der Waals surface area contributed by atoms with Crippen LogP contribution in [0.1, 0.15) is 43.0 Å². The molecule has 5 nitrogen and oxygen atoms in total. The molecule has 0 aliphatic rings. The average molecular weight is 297 g/mol. The molecular weight excluding hydrogens is 277 g/mol. The second kappa shape index (κ2) is 8.24. The maximum Gasteiger partial charge on any atom is 0.305 e. The molecule has 0 bridgehead atoms. The summed E-state index contributed by atoms with van der Waals surface area (Å²) in [5.74, 6) is -2.24. The van der Waals surface area contributed by atoms with Crippen LogP contribution in [0.15, 0.2) is 18.2 Å². The molecule has 1 rings (SSSR count). The lowest BCUT2D eigenvalue weighted by Crippen LogP contribution is -2.37. The lowest BCUT2D eigenvalue weighted by Gasteiger charge is -2.18. The molecule has 21 heavy (non-hydrogen) atoms. The third-order valence-electron chi connectivity index (χ3n) is 3.08. The Bertz CT molecular complexity index is 504. The van der Waals surface area contributed by atoms with Crippen molar-refractivity contribution in [3.8, 4) is 5.75 Å². The topological polar surface area (TPSA) is 75.6 Å². The molecule has 0 aliphatic carbocycles. The fraction of sp³-hybridized carbons (Fsp3) is 0.467. The SMILES string of the molecule is CCCC[C@H](CC(=O)O)NC(=O)c1c(F)cccc1OC. The van der Waals surface area contributed by atoms with Gasteiger partial charge in [-0.1, -0.05) is 25.8 Å². The van der Waals surface area contributed by atoms with Crippen LogP contribution in [-0.4, -0.2) is 30.1 Å². The number of hydrogen-bond acceptors (Lipinski definition) is 3. The van der Waals surface area contributed by atoms with Crippen molar-refractivity contribution < 1.29 is 23.8 Å². The Hall–Kier alpha value is -2.11. The third-order valence-corrected chi connectivity index (χ3v) is 3.08. The van der Waals surface area contributed by atoms with Gasteiger partial charge in [-0.25, -0.2) is 4.39 Å². The minimum atomic E-state index is -1.00.